The first-order valence-electron chi connectivity index (χ1n) is 7.47. The minimum Gasteiger partial charge on any atom is -0.384 e. The highest BCUT2D eigenvalue weighted by Gasteiger charge is 2.13. The Morgan fingerprint density at radius 3 is 2.62 bits per heavy atom. The predicted octanol–water partition coefficient (Wildman–Crippen LogP) is 3.33. The van der Waals surface area contributed by atoms with Crippen molar-refractivity contribution in [1.29, 1.82) is 0 Å². The Balaban J connectivity index is 2.28. The van der Waals surface area contributed by atoms with Gasteiger partial charge in [0.25, 0.3) is 0 Å². The van der Waals surface area contributed by atoms with Gasteiger partial charge in [0.1, 0.15) is 11.6 Å². The molecule has 0 amide bonds. The molecule has 0 aliphatic heterocycles. The van der Waals surface area contributed by atoms with Crippen LogP contribution in [-0.4, -0.2) is 15.2 Å². The molecule has 0 atom stereocenters. The van der Waals surface area contributed by atoms with E-state index in [-0.39, 0.29) is 11.2 Å². The molecule has 24 heavy (non-hydrogen) atoms. The Labute approximate surface area is 139 Å². The summed E-state index contributed by atoms with van der Waals surface area (Å²) in [6.45, 7) is 6.06. The van der Waals surface area contributed by atoms with Crippen LogP contribution in [0.15, 0.2) is 24.4 Å². The van der Waals surface area contributed by atoms with E-state index in [4.69, 9.17) is 11.5 Å². The van der Waals surface area contributed by atoms with Crippen LogP contribution in [0.4, 0.5) is 16.0 Å². The van der Waals surface area contributed by atoms with Crippen molar-refractivity contribution in [3.8, 4) is 23.0 Å². The number of nitrogen functional groups attached to an aromatic ring is 2. The minimum atomic E-state index is -0.458. The molecule has 0 fully saturated rings. The van der Waals surface area contributed by atoms with Gasteiger partial charge in [0.05, 0.1) is 17.3 Å². The number of nitrogens with two attached hydrogens (primary N) is 2. The Morgan fingerprint density at radius 2 is 1.92 bits per heavy atom. The van der Waals surface area contributed by atoms with Crippen molar-refractivity contribution < 1.29 is 4.39 Å². The summed E-state index contributed by atoms with van der Waals surface area (Å²) < 4.78 is 14.2. The maximum Gasteiger partial charge on any atom is 0.153 e. The van der Waals surface area contributed by atoms with Crippen LogP contribution < -0.4 is 11.5 Å². The average Bonchev–Trinajstić information content (AvgIpc) is 2.88. The molecule has 3 aromatic rings. The van der Waals surface area contributed by atoms with Crippen molar-refractivity contribution >= 4 is 22.5 Å². The van der Waals surface area contributed by atoms with Crippen molar-refractivity contribution in [2.45, 2.75) is 20.8 Å². The third-order valence-electron chi connectivity index (χ3n) is 3.46. The largest absolute Gasteiger partial charge is 0.384 e. The van der Waals surface area contributed by atoms with E-state index in [1.54, 1.807) is 12.1 Å². The van der Waals surface area contributed by atoms with Crippen LogP contribution in [0, 0.1) is 23.1 Å². The number of benzene rings is 1. The lowest BCUT2D eigenvalue weighted by Gasteiger charge is -2.08. The first-order chi connectivity index (χ1) is 11.2. The maximum atomic E-state index is 14.2. The molecule has 6 heteroatoms. The van der Waals surface area contributed by atoms with E-state index in [1.807, 2.05) is 20.8 Å². The molecule has 0 aliphatic carbocycles. The fourth-order valence-corrected chi connectivity index (χ4v) is 2.33. The maximum absolute atomic E-state index is 14.2. The minimum absolute atomic E-state index is 0.166. The number of aromatic amines is 1. The van der Waals surface area contributed by atoms with Crippen molar-refractivity contribution in [2.75, 3.05) is 11.5 Å². The summed E-state index contributed by atoms with van der Waals surface area (Å²) in [5.41, 5.74) is 13.9. The zero-order valence-corrected chi connectivity index (χ0v) is 13.7. The van der Waals surface area contributed by atoms with Crippen LogP contribution in [0.2, 0.25) is 0 Å². The molecule has 2 heterocycles. The Morgan fingerprint density at radius 1 is 1.17 bits per heavy atom. The normalized spacial score (nSPS) is 11.3. The summed E-state index contributed by atoms with van der Waals surface area (Å²) in [4.78, 5) is 3.76. The second kappa shape index (κ2) is 5.53. The van der Waals surface area contributed by atoms with E-state index in [0.29, 0.717) is 27.9 Å². The smallest absolute Gasteiger partial charge is 0.153 e. The zero-order valence-electron chi connectivity index (χ0n) is 13.7. The Bertz CT molecular complexity index is 986. The molecule has 0 saturated carbocycles. The number of H-pyrrole nitrogens is 1. The van der Waals surface area contributed by atoms with Crippen LogP contribution in [0.25, 0.3) is 22.0 Å². The van der Waals surface area contributed by atoms with Gasteiger partial charge in [0.15, 0.2) is 5.82 Å². The van der Waals surface area contributed by atoms with Crippen molar-refractivity contribution in [1.82, 2.24) is 15.2 Å². The van der Waals surface area contributed by atoms with E-state index < -0.39 is 5.82 Å². The third kappa shape index (κ3) is 3.01. The van der Waals surface area contributed by atoms with E-state index in [1.165, 1.54) is 6.07 Å². The van der Waals surface area contributed by atoms with Crippen molar-refractivity contribution in [3.63, 3.8) is 0 Å². The molecule has 3 rings (SSSR count). The second-order valence-electron chi connectivity index (χ2n) is 6.64. The molecule has 2 aromatic heterocycles. The summed E-state index contributed by atoms with van der Waals surface area (Å²) >= 11 is 0. The summed E-state index contributed by atoms with van der Waals surface area (Å²) in [5.74, 6) is 6.44. The highest BCUT2D eigenvalue weighted by Crippen LogP contribution is 2.31. The molecule has 122 valence electrons. The lowest BCUT2D eigenvalue weighted by Crippen LogP contribution is -1.99. The van der Waals surface area contributed by atoms with Crippen LogP contribution in [0.5, 0.6) is 0 Å². The molecule has 0 radical (unpaired) electrons. The number of pyridine rings is 1. The van der Waals surface area contributed by atoms with Gasteiger partial charge in [-0.1, -0.05) is 11.8 Å². The molecular formula is C18H18FN5. The summed E-state index contributed by atoms with van der Waals surface area (Å²) in [6, 6.07) is 5.07. The standard InChI is InChI=1S/C18H18FN5/c1-18(2,3)5-4-10-6-11(7-13-16(10)23-24-17(13)21)12-8-15(20)22-9-14(12)19/h6-9H,1-3H3,(H2,20,22)(H3,21,23,24). The second-order valence-corrected chi connectivity index (χ2v) is 6.64. The third-order valence-corrected chi connectivity index (χ3v) is 3.46. The number of rotatable bonds is 1. The number of hydrogen-bond acceptors (Lipinski definition) is 4. The van der Waals surface area contributed by atoms with Gasteiger partial charge in [-0.15, -0.1) is 0 Å². The number of nitrogens with zero attached hydrogens (tertiary/aromatic N) is 2. The fraction of sp³-hybridized carbons (Fsp3) is 0.222. The highest BCUT2D eigenvalue weighted by molar-refractivity contribution is 5.96. The van der Waals surface area contributed by atoms with Gasteiger partial charge in [-0.3, -0.25) is 5.10 Å². The number of nitrogens with one attached hydrogen (secondary N) is 1. The molecule has 5 N–H and O–H groups in total. The number of fused-ring (bicyclic) bond motifs is 1. The van der Waals surface area contributed by atoms with E-state index in [0.717, 1.165) is 11.7 Å². The monoisotopic (exact) mass is 323 g/mol. The first-order valence-corrected chi connectivity index (χ1v) is 7.47. The van der Waals surface area contributed by atoms with Gasteiger partial charge in [0, 0.05) is 16.4 Å². The SMILES string of the molecule is CC(C)(C)C#Cc1cc(-c2cc(N)ncc2F)cc2c(N)n[nH]c12. The lowest BCUT2D eigenvalue weighted by atomic mass is 9.96. The van der Waals surface area contributed by atoms with Crippen LogP contribution in [-0.2, 0) is 0 Å². The van der Waals surface area contributed by atoms with Gasteiger partial charge in [0.2, 0.25) is 0 Å². The number of anilines is 2. The van der Waals surface area contributed by atoms with Crippen LogP contribution in [0.1, 0.15) is 26.3 Å². The van der Waals surface area contributed by atoms with Gasteiger partial charge in [-0.2, -0.15) is 5.10 Å². The van der Waals surface area contributed by atoms with Crippen molar-refractivity contribution in [2.24, 2.45) is 5.41 Å². The zero-order chi connectivity index (χ0) is 17.5. The van der Waals surface area contributed by atoms with E-state index >= 15 is 0 Å². The van der Waals surface area contributed by atoms with Gasteiger partial charge < -0.3 is 11.5 Å². The lowest BCUT2D eigenvalue weighted by molar-refractivity contribution is 0.571. The van der Waals surface area contributed by atoms with Crippen LogP contribution >= 0.6 is 0 Å². The van der Waals surface area contributed by atoms with E-state index in [9.17, 15) is 4.39 Å². The first kappa shape index (κ1) is 15.8. The van der Waals surface area contributed by atoms with Gasteiger partial charge in [-0.05, 0) is 44.5 Å². The predicted molar refractivity (Wildman–Crippen MR) is 94.4 cm³/mol. The topological polar surface area (TPSA) is 93.6 Å². The molecular weight excluding hydrogens is 305 g/mol. The van der Waals surface area contributed by atoms with Crippen LogP contribution in [0.3, 0.4) is 0 Å². The van der Waals surface area contributed by atoms with E-state index in [2.05, 4.69) is 27.0 Å². The molecule has 0 bridgehead atoms. The molecule has 5 nitrogen and oxygen atoms in total. The van der Waals surface area contributed by atoms with Crippen molar-refractivity contribution in [3.05, 3.63) is 35.8 Å². The highest BCUT2D eigenvalue weighted by atomic mass is 19.1. The Kier molecular flexibility index (Phi) is 3.64. The summed E-state index contributed by atoms with van der Waals surface area (Å²) in [7, 11) is 0. The fourth-order valence-electron chi connectivity index (χ4n) is 2.33. The molecule has 0 unspecified atom stereocenters. The summed E-state index contributed by atoms with van der Waals surface area (Å²) in [6.07, 6.45) is 1.11. The Hall–Kier alpha value is -3.07. The number of hydrogen-bond donors (Lipinski definition) is 3. The number of aromatic nitrogens is 3. The summed E-state index contributed by atoms with van der Waals surface area (Å²) in [5, 5.41) is 7.61. The average molecular weight is 323 g/mol. The molecule has 0 aliphatic rings. The quantitative estimate of drug-likeness (QED) is 0.599. The van der Waals surface area contributed by atoms with Gasteiger partial charge >= 0.3 is 0 Å². The molecule has 0 saturated heterocycles. The van der Waals surface area contributed by atoms with Gasteiger partial charge in [-0.25, -0.2) is 9.37 Å². The number of halogens is 1. The molecule has 0 spiro atoms. The molecule has 1 aromatic carbocycles.